The van der Waals surface area contributed by atoms with Gasteiger partial charge in [-0.1, -0.05) is 18.2 Å². The van der Waals surface area contributed by atoms with Gasteiger partial charge in [-0.25, -0.2) is 8.42 Å². The molecule has 0 radical (unpaired) electrons. The molecule has 0 saturated carbocycles. The summed E-state index contributed by atoms with van der Waals surface area (Å²) in [5.74, 6) is 0.121. The summed E-state index contributed by atoms with van der Waals surface area (Å²) in [6.45, 7) is 4.22. The van der Waals surface area contributed by atoms with Crippen LogP contribution < -0.4 is 5.32 Å². The molecule has 1 aromatic carbocycles. The maximum atomic E-state index is 12.3. The highest BCUT2D eigenvalue weighted by molar-refractivity contribution is 7.91. The van der Waals surface area contributed by atoms with Crippen molar-refractivity contribution in [3.8, 4) is 0 Å². The van der Waals surface area contributed by atoms with Crippen LogP contribution in [0.25, 0.3) is 10.9 Å². The summed E-state index contributed by atoms with van der Waals surface area (Å²) in [5.41, 5.74) is 2.10. The number of fused-ring (bicyclic) bond motifs is 1. The molecule has 23 heavy (non-hydrogen) atoms. The Balaban J connectivity index is 1.78. The topological polar surface area (TPSA) is 68.2 Å². The molecular formula is C17H22N2O3S. The van der Waals surface area contributed by atoms with E-state index in [9.17, 15) is 13.2 Å². The van der Waals surface area contributed by atoms with Crippen LogP contribution >= 0.6 is 0 Å². The van der Waals surface area contributed by atoms with E-state index in [1.807, 2.05) is 24.4 Å². The highest BCUT2D eigenvalue weighted by atomic mass is 32.2. The fourth-order valence-corrected chi connectivity index (χ4v) is 4.88. The summed E-state index contributed by atoms with van der Waals surface area (Å²) in [5, 5.41) is 3.94. The number of nitrogens with zero attached hydrogens (tertiary/aromatic N) is 1. The Bertz CT molecular complexity index is 837. The number of hydrogen-bond acceptors (Lipinski definition) is 3. The highest BCUT2D eigenvalue weighted by Gasteiger charge is 2.29. The molecule has 6 heteroatoms. The third kappa shape index (κ3) is 3.42. The molecule has 1 amide bonds. The summed E-state index contributed by atoms with van der Waals surface area (Å²) in [6.07, 6.45) is 2.82. The first-order chi connectivity index (χ1) is 10.9. The molecule has 0 aliphatic carbocycles. The van der Waals surface area contributed by atoms with Gasteiger partial charge in [-0.3, -0.25) is 4.79 Å². The molecule has 124 valence electrons. The maximum absolute atomic E-state index is 12.3. The van der Waals surface area contributed by atoms with Gasteiger partial charge in [-0.2, -0.15) is 0 Å². The molecule has 1 fully saturated rings. The molecule has 3 rings (SSSR count). The van der Waals surface area contributed by atoms with E-state index in [1.54, 1.807) is 0 Å². The smallest absolute Gasteiger partial charge is 0.224 e. The van der Waals surface area contributed by atoms with E-state index < -0.39 is 9.84 Å². The third-order valence-corrected chi connectivity index (χ3v) is 6.10. The first-order valence-corrected chi connectivity index (χ1v) is 9.76. The van der Waals surface area contributed by atoms with Gasteiger partial charge >= 0.3 is 0 Å². The molecule has 2 aromatic rings. The van der Waals surface area contributed by atoms with Crippen molar-refractivity contribution in [3.05, 3.63) is 36.0 Å². The lowest BCUT2D eigenvalue weighted by molar-refractivity contribution is -0.120. The van der Waals surface area contributed by atoms with Crippen molar-refractivity contribution in [2.75, 3.05) is 11.5 Å². The average Bonchev–Trinajstić information content (AvgIpc) is 3.00. The molecule has 1 aromatic heterocycles. The molecule has 0 spiro atoms. The normalized spacial score (nSPS) is 20.2. The minimum atomic E-state index is -2.97. The van der Waals surface area contributed by atoms with Gasteiger partial charge in [0.05, 0.1) is 17.9 Å². The van der Waals surface area contributed by atoms with Gasteiger partial charge in [0.2, 0.25) is 5.91 Å². The number of aromatic nitrogens is 1. The zero-order chi connectivity index (χ0) is 16.6. The maximum Gasteiger partial charge on any atom is 0.224 e. The van der Waals surface area contributed by atoms with Crippen molar-refractivity contribution in [2.45, 2.75) is 38.8 Å². The Morgan fingerprint density at radius 3 is 2.74 bits per heavy atom. The van der Waals surface area contributed by atoms with E-state index in [4.69, 9.17) is 0 Å². The second-order valence-corrected chi connectivity index (χ2v) is 8.75. The molecular weight excluding hydrogens is 312 g/mol. The number of carbonyl (C=O) groups excluding carboxylic acids is 1. The zero-order valence-electron chi connectivity index (χ0n) is 13.5. The standard InChI is InChI=1S/C17H22N2O3S/c1-12(2)19-10-13(15-5-3-4-6-16(15)19)9-17(20)18-14-7-8-23(21,22)11-14/h3-6,10,12,14H,7-9,11H2,1-2H3,(H,18,20)/t14-/m1/s1. The summed E-state index contributed by atoms with van der Waals surface area (Å²) < 4.78 is 25.1. The van der Waals surface area contributed by atoms with Gasteiger partial charge in [0, 0.05) is 29.2 Å². The minimum Gasteiger partial charge on any atom is -0.352 e. The molecule has 0 unspecified atom stereocenters. The summed E-state index contributed by atoms with van der Waals surface area (Å²) >= 11 is 0. The van der Waals surface area contributed by atoms with Crippen molar-refractivity contribution >= 4 is 26.6 Å². The van der Waals surface area contributed by atoms with Crippen LogP contribution in [0.15, 0.2) is 30.5 Å². The zero-order valence-corrected chi connectivity index (χ0v) is 14.3. The first kappa shape index (κ1) is 16.1. The molecule has 1 aliphatic heterocycles. The van der Waals surface area contributed by atoms with Crippen LogP contribution in [0.2, 0.25) is 0 Å². The second-order valence-electron chi connectivity index (χ2n) is 6.52. The Morgan fingerprint density at radius 2 is 2.09 bits per heavy atom. The number of carbonyl (C=O) groups is 1. The predicted octanol–water partition coefficient (Wildman–Crippen LogP) is 2.07. The molecule has 5 nitrogen and oxygen atoms in total. The van der Waals surface area contributed by atoms with E-state index in [2.05, 4.69) is 29.8 Å². The van der Waals surface area contributed by atoms with Crippen LogP contribution in [0.5, 0.6) is 0 Å². The summed E-state index contributed by atoms with van der Waals surface area (Å²) in [7, 11) is -2.97. The Labute approximate surface area is 136 Å². The highest BCUT2D eigenvalue weighted by Crippen LogP contribution is 2.25. The number of para-hydroxylation sites is 1. The Kier molecular flexibility index (Phi) is 4.19. The monoisotopic (exact) mass is 334 g/mol. The number of benzene rings is 1. The number of sulfone groups is 1. The van der Waals surface area contributed by atoms with Gasteiger partial charge in [-0.05, 0) is 31.9 Å². The quantitative estimate of drug-likeness (QED) is 0.931. The van der Waals surface area contributed by atoms with Crippen LogP contribution in [0.4, 0.5) is 0 Å². The van der Waals surface area contributed by atoms with Crippen molar-refractivity contribution in [1.82, 2.24) is 9.88 Å². The van der Waals surface area contributed by atoms with Gasteiger partial charge in [0.25, 0.3) is 0 Å². The van der Waals surface area contributed by atoms with Crippen LogP contribution in [0.1, 0.15) is 31.9 Å². The van der Waals surface area contributed by atoms with Gasteiger partial charge in [0.15, 0.2) is 9.84 Å². The molecule has 1 N–H and O–H groups in total. The second kappa shape index (κ2) is 6.00. The van der Waals surface area contributed by atoms with Crippen molar-refractivity contribution in [1.29, 1.82) is 0 Å². The third-order valence-electron chi connectivity index (χ3n) is 4.33. The number of hydrogen-bond donors (Lipinski definition) is 1. The first-order valence-electron chi connectivity index (χ1n) is 7.94. The lowest BCUT2D eigenvalue weighted by atomic mass is 10.1. The summed E-state index contributed by atoms with van der Waals surface area (Å²) in [6, 6.07) is 8.12. The SMILES string of the molecule is CC(C)n1cc(CC(=O)N[C@@H]2CCS(=O)(=O)C2)c2ccccc21. The van der Waals surface area contributed by atoms with Crippen molar-refractivity contribution in [3.63, 3.8) is 0 Å². The summed E-state index contributed by atoms with van der Waals surface area (Å²) in [4.78, 5) is 12.3. The van der Waals surface area contributed by atoms with Crippen molar-refractivity contribution in [2.24, 2.45) is 0 Å². The van der Waals surface area contributed by atoms with Gasteiger partial charge in [-0.15, -0.1) is 0 Å². The molecule has 2 heterocycles. The minimum absolute atomic E-state index is 0.0620. The predicted molar refractivity (Wildman–Crippen MR) is 91.2 cm³/mol. The number of rotatable bonds is 4. The van der Waals surface area contributed by atoms with Crippen LogP contribution in [-0.4, -0.2) is 36.4 Å². The fourth-order valence-electron chi connectivity index (χ4n) is 3.21. The van der Waals surface area contributed by atoms with Crippen molar-refractivity contribution < 1.29 is 13.2 Å². The van der Waals surface area contributed by atoms with Crippen LogP contribution in [-0.2, 0) is 21.1 Å². The molecule has 1 saturated heterocycles. The fraction of sp³-hybridized carbons (Fsp3) is 0.471. The molecule has 1 atom stereocenters. The Hall–Kier alpha value is -1.82. The lowest BCUT2D eigenvalue weighted by Crippen LogP contribution is -2.36. The van der Waals surface area contributed by atoms with E-state index in [1.165, 1.54) is 0 Å². The largest absolute Gasteiger partial charge is 0.352 e. The lowest BCUT2D eigenvalue weighted by Gasteiger charge is -2.10. The van der Waals surface area contributed by atoms with E-state index in [0.717, 1.165) is 16.5 Å². The van der Waals surface area contributed by atoms with Crippen LogP contribution in [0, 0.1) is 0 Å². The average molecular weight is 334 g/mol. The van der Waals surface area contributed by atoms with Crippen LogP contribution in [0.3, 0.4) is 0 Å². The van der Waals surface area contributed by atoms with E-state index in [0.29, 0.717) is 12.5 Å². The molecule has 1 aliphatic rings. The van der Waals surface area contributed by atoms with Gasteiger partial charge in [0.1, 0.15) is 0 Å². The van der Waals surface area contributed by atoms with Gasteiger partial charge < -0.3 is 9.88 Å². The number of nitrogens with one attached hydrogen (secondary N) is 1. The number of amides is 1. The van der Waals surface area contributed by atoms with E-state index in [-0.39, 0.29) is 29.9 Å². The van der Waals surface area contributed by atoms with E-state index >= 15 is 0 Å². The molecule has 0 bridgehead atoms. The Morgan fingerprint density at radius 1 is 1.35 bits per heavy atom.